The van der Waals surface area contributed by atoms with E-state index in [2.05, 4.69) is 10.6 Å². The Hall–Kier alpha value is -5.19. The highest BCUT2D eigenvalue weighted by Crippen LogP contribution is 2.38. The standard InChI is InChI=1S/C33H36N6O8S2/c1-47-24-10-14-26(15-11-24)49(45,46)39(21-32(35)41)30-17-16-29(27-6-2-3-7-28(27)30)38(20-31(34)40)48(43,44)25-12-8-23(9-13-25)37-33(42)22-5-4-18-36-19-22/h2-3,6-17,22,36H,4-5,18-21H2,1H3,(H2,34,40)(H2,35,41)(H,37,42). The van der Waals surface area contributed by atoms with Gasteiger partial charge in [0.25, 0.3) is 20.0 Å². The Balaban J connectivity index is 1.55. The van der Waals surface area contributed by atoms with Gasteiger partial charge in [-0.05, 0) is 80.1 Å². The third-order valence-corrected chi connectivity index (χ3v) is 11.6. The smallest absolute Gasteiger partial charge is 0.264 e. The molecule has 5 rings (SSSR count). The number of primary amides is 2. The molecule has 0 spiro atoms. The number of rotatable bonds is 13. The highest BCUT2D eigenvalue weighted by molar-refractivity contribution is 7.93. The zero-order valence-electron chi connectivity index (χ0n) is 26.5. The lowest BCUT2D eigenvalue weighted by Gasteiger charge is -2.28. The number of hydrogen-bond acceptors (Lipinski definition) is 9. The van der Waals surface area contributed by atoms with Gasteiger partial charge in [0.1, 0.15) is 18.8 Å². The number of ether oxygens (including phenoxy) is 1. The fourth-order valence-corrected chi connectivity index (χ4v) is 8.52. The SMILES string of the molecule is COc1ccc(S(=O)(=O)N(CC(N)=O)c2ccc(N(CC(N)=O)S(=O)(=O)c3ccc(NC(=O)C4CCCNC4)cc3)c3ccccc23)cc1. The summed E-state index contributed by atoms with van der Waals surface area (Å²) >= 11 is 0. The van der Waals surface area contributed by atoms with Gasteiger partial charge in [-0.2, -0.15) is 0 Å². The zero-order valence-corrected chi connectivity index (χ0v) is 28.2. The molecule has 1 atom stereocenters. The van der Waals surface area contributed by atoms with Crippen LogP contribution in [0.25, 0.3) is 10.8 Å². The molecule has 0 aromatic heterocycles. The molecule has 1 fully saturated rings. The van der Waals surface area contributed by atoms with Crippen LogP contribution in [-0.4, -0.2) is 67.8 Å². The molecule has 4 aromatic carbocycles. The molecular formula is C33H36N6O8S2. The Morgan fingerprint density at radius 2 is 1.27 bits per heavy atom. The second-order valence-corrected chi connectivity index (χ2v) is 15.1. The number of nitrogens with zero attached hydrogens (tertiary/aromatic N) is 2. The van der Waals surface area contributed by atoms with Crippen molar-refractivity contribution >= 4 is 65.6 Å². The van der Waals surface area contributed by atoms with Crippen LogP contribution in [0.5, 0.6) is 5.75 Å². The van der Waals surface area contributed by atoms with Crippen molar-refractivity contribution in [2.75, 3.05) is 47.2 Å². The maximum absolute atomic E-state index is 14.1. The first-order chi connectivity index (χ1) is 23.3. The molecule has 0 radical (unpaired) electrons. The molecule has 1 aliphatic rings. The molecule has 1 heterocycles. The molecule has 1 aliphatic heterocycles. The summed E-state index contributed by atoms with van der Waals surface area (Å²) in [5.41, 5.74) is 11.5. The van der Waals surface area contributed by atoms with E-state index in [0.717, 1.165) is 28.0 Å². The second kappa shape index (κ2) is 14.5. The van der Waals surface area contributed by atoms with E-state index in [1.807, 2.05) is 0 Å². The first-order valence-electron chi connectivity index (χ1n) is 15.2. The van der Waals surface area contributed by atoms with Crippen LogP contribution in [0.1, 0.15) is 12.8 Å². The fourth-order valence-electron chi connectivity index (χ4n) is 5.62. The molecule has 16 heteroatoms. The summed E-state index contributed by atoms with van der Waals surface area (Å²) in [7, 11) is -7.38. The van der Waals surface area contributed by atoms with Crippen molar-refractivity contribution in [2.24, 2.45) is 17.4 Å². The number of sulfonamides is 2. The molecule has 6 N–H and O–H groups in total. The van der Waals surface area contributed by atoms with Gasteiger partial charge < -0.3 is 26.8 Å². The van der Waals surface area contributed by atoms with E-state index in [-0.39, 0.29) is 43.8 Å². The Bertz CT molecular complexity index is 2080. The lowest BCUT2D eigenvalue weighted by molar-refractivity contribution is -0.120. The highest BCUT2D eigenvalue weighted by Gasteiger charge is 2.32. The van der Waals surface area contributed by atoms with E-state index in [1.54, 1.807) is 24.3 Å². The number of carbonyl (C=O) groups is 3. The van der Waals surface area contributed by atoms with Gasteiger partial charge in [0.2, 0.25) is 17.7 Å². The van der Waals surface area contributed by atoms with Crippen LogP contribution in [0.3, 0.4) is 0 Å². The van der Waals surface area contributed by atoms with E-state index in [0.29, 0.717) is 18.0 Å². The van der Waals surface area contributed by atoms with Crippen LogP contribution in [0.2, 0.25) is 0 Å². The van der Waals surface area contributed by atoms with Crippen molar-refractivity contribution < 1.29 is 36.0 Å². The predicted octanol–water partition coefficient (Wildman–Crippen LogP) is 2.15. The minimum atomic E-state index is -4.44. The maximum Gasteiger partial charge on any atom is 0.264 e. The first-order valence-corrected chi connectivity index (χ1v) is 18.1. The van der Waals surface area contributed by atoms with Crippen LogP contribution in [0.15, 0.2) is 94.7 Å². The second-order valence-electron chi connectivity index (χ2n) is 11.3. The van der Waals surface area contributed by atoms with E-state index in [1.165, 1.54) is 67.8 Å². The molecule has 49 heavy (non-hydrogen) atoms. The monoisotopic (exact) mass is 708 g/mol. The number of anilines is 3. The van der Waals surface area contributed by atoms with Gasteiger partial charge in [0.15, 0.2) is 0 Å². The quantitative estimate of drug-likeness (QED) is 0.160. The van der Waals surface area contributed by atoms with Crippen LogP contribution in [-0.2, 0) is 34.4 Å². The number of nitrogens with one attached hydrogen (secondary N) is 2. The largest absolute Gasteiger partial charge is 0.497 e. The molecule has 0 saturated carbocycles. The minimum Gasteiger partial charge on any atom is -0.497 e. The zero-order chi connectivity index (χ0) is 35.3. The maximum atomic E-state index is 14.1. The fraction of sp³-hybridized carbons (Fsp3) is 0.242. The topological polar surface area (TPSA) is 211 Å². The summed E-state index contributed by atoms with van der Waals surface area (Å²) in [4.78, 5) is 36.8. The van der Waals surface area contributed by atoms with Gasteiger partial charge in [0.05, 0.1) is 34.2 Å². The van der Waals surface area contributed by atoms with Gasteiger partial charge in [-0.3, -0.25) is 23.0 Å². The van der Waals surface area contributed by atoms with Crippen molar-refractivity contribution in [3.8, 4) is 5.75 Å². The Kier molecular flexibility index (Phi) is 10.4. The first kappa shape index (κ1) is 35.1. The van der Waals surface area contributed by atoms with Crippen molar-refractivity contribution in [3.63, 3.8) is 0 Å². The lowest BCUT2D eigenvalue weighted by Crippen LogP contribution is -2.39. The van der Waals surface area contributed by atoms with E-state index in [4.69, 9.17) is 16.2 Å². The van der Waals surface area contributed by atoms with Crippen molar-refractivity contribution in [1.82, 2.24) is 5.32 Å². The number of nitrogens with two attached hydrogens (primary N) is 2. The Morgan fingerprint density at radius 3 is 1.69 bits per heavy atom. The van der Waals surface area contributed by atoms with Gasteiger partial charge >= 0.3 is 0 Å². The number of methoxy groups -OCH3 is 1. The average Bonchev–Trinajstić information content (AvgIpc) is 3.09. The van der Waals surface area contributed by atoms with E-state index in [9.17, 15) is 31.2 Å². The predicted molar refractivity (Wildman–Crippen MR) is 185 cm³/mol. The molecular weight excluding hydrogens is 673 g/mol. The van der Waals surface area contributed by atoms with Crippen molar-refractivity contribution in [1.29, 1.82) is 0 Å². The molecule has 4 aromatic rings. The van der Waals surface area contributed by atoms with Crippen molar-refractivity contribution in [2.45, 2.75) is 22.6 Å². The number of fused-ring (bicyclic) bond motifs is 1. The molecule has 3 amide bonds. The minimum absolute atomic E-state index is 0.0289. The summed E-state index contributed by atoms with van der Waals surface area (Å²) in [5.74, 6) is -1.84. The summed E-state index contributed by atoms with van der Waals surface area (Å²) in [6.45, 7) is -0.0550. The van der Waals surface area contributed by atoms with Gasteiger partial charge in [-0.1, -0.05) is 24.3 Å². The van der Waals surface area contributed by atoms with Gasteiger partial charge in [-0.25, -0.2) is 16.8 Å². The third-order valence-electron chi connectivity index (χ3n) is 8.04. The summed E-state index contributed by atoms with van der Waals surface area (Å²) < 4.78 is 62.8. The Morgan fingerprint density at radius 1 is 0.776 bits per heavy atom. The number of piperidine rings is 1. The normalized spacial score (nSPS) is 14.9. The summed E-state index contributed by atoms with van der Waals surface area (Å²) in [5, 5.41) is 6.49. The van der Waals surface area contributed by atoms with E-state index >= 15 is 0 Å². The number of carbonyl (C=O) groups excluding carboxylic acids is 3. The third kappa shape index (κ3) is 7.61. The molecule has 0 aliphatic carbocycles. The van der Waals surface area contributed by atoms with Crippen molar-refractivity contribution in [3.05, 3.63) is 84.9 Å². The Labute approximate surface area is 284 Å². The number of hydrogen-bond donors (Lipinski definition) is 4. The van der Waals surface area contributed by atoms with Crippen LogP contribution < -0.4 is 35.4 Å². The molecule has 1 saturated heterocycles. The molecule has 14 nitrogen and oxygen atoms in total. The lowest BCUT2D eigenvalue weighted by atomic mass is 9.99. The number of benzene rings is 4. The van der Waals surface area contributed by atoms with Gasteiger partial charge in [-0.15, -0.1) is 0 Å². The van der Waals surface area contributed by atoms with Crippen LogP contribution in [0.4, 0.5) is 17.1 Å². The summed E-state index contributed by atoms with van der Waals surface area (Å²) in [6.07, 6.45) is 1.62. The average molecular weight is 709 g/mol. The molecule has 258 valence electrons. The summed E-state index contributed by atoms with van der Waals surface area (Å²) in [6, 6.07) is 20.1. The van der Waals surface area contributed by atoms with Crippen LogP contribution in [0, 0.1) is 5.92 Å². The van der Waals surface area contributed by atoms with Gasteiger partial charge in [0, 0.05) is 23.0 Å². The molecule has 1 unspecified atom stereocenters. The number of amides is 3. The molecule has 0 bridgehead atoms. The van der Waals surface area contributed by atoms with Crippen LogP contribution >= 0.6 is 0 Å². The van der Waals surface area contributed by atoms with E-state index < -0.39 is 45.0 Å². The highest BCUT2D eigenvalue weighted by atomic mass is 32.2.